The SMILES string of the molecule is CCC(C)COC(=O)OC(C)CN[C@@H](Cc1ccc(OC(=O)CC(C)(C)C)c(OC(=O)CC(C)(C)C)c1)C(=O)OC. The number of methoxy groups -OCH3 is 1. The first kappa shape index (κ1) is 35.9. The van der Waals surface area contributed by atoms with Crippen molar-refractivity contribution in [3.05, 3.63) is 23.8 Å². The Labute approximate surface area is 244 Å². The molecule has 0 bridgehead atoms. The minimum Gasteiger partial charge on any atom is -0.468 e. The summed E-state index contributed by atoms with van der Waals surface area (Å²) in [5.74, 6) is -1.02. The zero-order valence-electron chi connectivity index (χ0n) is 26.4. The number of carbonyl (C=O) groups is 4. The second kappa shape index (κ2) is 16.3. The summed E-state index contributed by atoms with van der Waals surface area (Å²) in [5.41, 5.74) is 0.0332. The normalized spacial score (nSPS) is 13.9. The highest BCUT2D eigenvalue weighted by Gasteiger charge is 2.25. The summed E-state index contributed by atoms with van der Waals surface area (Å²) in [5, 5.41) is 3.06. The Hall–Kier alpha value is -3.14. The maximum absolute atomic E-state index is 12.6. The molecule has 10 nitrogen and oxygen atoms in total. The van der Waals surface area contributed by atoms with Crippen LogP contribution in [0.5, 0.6) is 11.5 Å². The molecule has 0 heterocycles. The van der Waals surface area contributed by atoms with E-state index in [0.717, 1.165) is 6.42 Å². The van der Waals surface area contributed by atoms with Crippen molar-refractivity contribution >= 4 is 24.1 Å². The van der Waals surface area contributed by atoms with Gasteiger partial charge < -0.3 is 29.0 Å². The van der Waals surface area contributed by atoms with Crippen molar-refractivity contribution in [3.63, 3.8) is 0 Å². The quantitative estimate of drug-likeness (QED) is 0.219. The number of rotatable bonds is 14. The summed E-state index contributed by atoms with van der Waals surface area (Å²) in [6.07, 6.45) is 0.0131. The maximum atomic E-state index is 12.6. The standard InChI is InChI=1S/C31H49NO9/c1-11-20(2)19-38-29(36)39-21(3)18-32-23(28(35)37-10)14-22-12-13-24(40-26(33)16-30(4,5)6)25(15-22)41-27(34)17-31(7,8)9/h12-13,15,20-21,23,32H,11,14,16-19H2,1-10H3/t20?,21?,23-/m0/s1. The smallest absolute Gasteiger partial charge is 0.468 e. The number of carbonyl (C=O) groups excluding carboxylic acids is 4. The van der Waals surface area contributed by atoms with Gasteiger partial charge >= 0.3 is 24.1 Å². The van der Waals surface area contributed by atoms with E-state index < -0.39 is 36.2 Å². The van der Waals surface area contributed by atoms with Crippen LogP contribution >= 0.6 is 0 Å². The Morgan fingerprint density at radius 3 is 1.95 bits per heavy atom. The number of esters is 3. The Balaban J connectivity index is 3.05. The summed E-state index contributed by atoms with van der Waals surface area (Å²) in [6, 6.07) is 4.01. The summed E-state index contributed by atoms with van der Waals surface area (Å²) in [7, 11) is 1.28. The van der Waals surface area contributed by atoms with Crippen molar-refractivity contribution in [1.29, 1.82) is 0 Å². The minimum atomic E-state index is -0.797. The third-order valence-electron chi connectivity index (χ3n) is 5.86. The fraction of sp³-hybridized carbons (Fsp3) is 0.677. The number of hydrogen-bond acceptors (Lipinski definition) is 10. The van der Waals surface area contributed by atoms with Crippen molar-refractivity contribution in [2.24, 2.45) is 16.7 Å². The van der Waals surface area contributed by atoms with Gasteiger partial charge in [0.05, 0.1) is 26.6 Å². The van der Waals surface area contributed by atoms with Gasteiger partial charge in [0, 0.05) is 6.54 Å². The molecule has 0 aromatic heterocycles. The van der Waals surface area contributed by atoms with Gasteiger partial charge in [-0.2, -0.15) is 0 Å². The van der Waals surface area contributed by atoms with Crippen LogP contribution in [-0.2, 0) is 35.0 Å². The van der Waals surface area contributed by atoms with E-state index in [-0.39, 0.29) is 60.7 Å². The first-order valence-corrected chi connectivity index (χ1v) is 14.1. The van der Waals surface area contributed by atoms with E-state index in [1.807, 2.05) is 55.4 Å². The van der Waals surface area contributed by atoms with Crippen LogP contribution in [0.3, 0.4) is 0 Å². The molecule has 1 aromatic rings. The summed E-state index contributed by atoms with van der Waals surface area (Å²) in [4.78, 5) is 49.7. The largest absolute Gasteiger partial charge is 0.508 e. The Morgan fingerprint density at radius 2 is 1.44 bits per heavy atom. The fourth-order valence-corrected chi connectivity index (χ4v) is 3.52. The number of benzene rings is 1. The van der Waals surface area contributed by atoms with Crippen molar-refractivity contribution in [2.45, 2.75) is 100 Å². The molecule has 0 spiro atoms. The van der Waals surface area contributed by atoms with Crippen molar-refractivity contribution in [1.82, 2.24) is 5.32 Å². The van der Waals surface area contributed by atoms with Gasteiger partial charge in [0.25, 0.3) is 0 Å². The van der Waals surface area contributed by atoms with E-state index in [0.29, 0.717) is 5.56 Å². The molecule has 2 unspecified atom stereocenters. The first-order chi connectivity index (χ1) is 18.9. The van der Waals surface area contributed by atoms with E-state index in [1.165, 1.54) is 7.11 Å². The van der Waals surface area contributed by atoms with Gasteiger partial charge in [-0.1, -0.05) is 67.9 Å². The Bertz CT molecular complexity index is 1020. The molecule has 41 heavy (non-hydrogen) atoms. The van der Waals surface area contributed by atoms with Crippen LogP contribution in [0.1, 0.15) is 87.1 Å². The van der Waals surface area contributed by atoms with Crippen molar-refractivity contribution < 1.29 is 42.9 Å². The predicted octanol–water partition coefficient (Wildman–Crippen LogP) is 5.63. The zero-order chi connectivity index (χ0) is 31.4. The average Bonchev–Trinajstić information content (AvgIpc) is 2.83. The van der Waals surface area contributed by atoms with E-state index in [4.69, 9.17) is 23.7 Å². The van der Waals surface area contributed by atoms with Crippen molar-refractivity contribution in [2.75, 3.05) is 20.3 Å². The highest BCUT2D eigenvalue weighted by Crippen LogP contribution is 2.32. The molecule has 0 aliphatic heterocycles. The van der Waals surface area contributed by atoms with Crippen LogP contribution in [0.2, 0.25) is 0 Å². The van der Waals surface area contributed by atoms with Crippen LogP contribution in [0, 0.1) is 16.7 Å². The van der Waals surface area contributed by atoms with E-state index in [9.17, 15) is 19.2 Å². The highest BCUT2D eigenvalue weighted by molar-refractivity contribution is 5.78. The number of hydrogen-bond donors (Lipinski definition) is 1. The Morgan fingerprint density at radius 1 is 0.878 bits per heavy atom. The predicted molar refractivity (Wildman–Crippen MR) is 155 cm³/mol. The second-order valence-electron chi connectivity index (χ2n) is 12.9. The highest BCUT2D eigenvalue weighted by atomic mass is 16.7. The minimum absolute atomic E-state index is 0.0865. The summed E-state index contributed by atoms with van der Waals surface area (Å²) >= 11 is 0. The van der Waals surface area contributed by atoms with Crippen molar-refractivity contribution in [3.8, 4) is 11.5 Å². The molecule has 1 rings (SSSR count). The monoisotopic (exact) mass is 579 g/mol. The lowest BCUT2D eigenvalue weighted by Gasteiger charge is -2.21. The van der Waals surface area contributed by atoms with Gasteiger partial charge in [-0.3, -0.25) is 14.4 Å². The van der Waals surface area contributed by atoms with Crippen LogP contribution in [0.25, 0.3) is 0 Å². The molecular formula is C31H49NO9. The first-order valence-electron chi connectivity index (χ1n) is 14.1. The molecule has 0 aliphatic rings. The molecule has 10 heteroatoms. The van der Waals surface area contributed by atoms with Gasteiger partial charge in [0.1, 0.15) is 12.1 Å². The third-order valence-corrected chi connectivity index (χ3v) is 5.86. The summed E-state index contributed by atoms with van der Waals surface area (Å²) in [6.45, 7) is 17.6. The van der Waals surface area contributed by atoms with Crippen LogP contribution in [0.4, 0.5) is 4.79 Å². The van der Waals surface area contributed by atoms with Crippen LogP contribution in [-0.4, -0.2) is 56.5 Å². The fourth-order valence-electron chi connectivity index (χ4n) is 3.52. The van der Waals surface area contributed by atoms with Crippen LogP contribution in [0.15, 0.2) is 18.2 Å². The molecule has 1 aromatic carbocycles. The molecule has 0 saturated carbocycles. The third kappa shape index (κ3) is 15.4. The van der Waals surface area contributed by atoms with Gasteiger partial charge in [0.2, 0.25) is 0 Å². The van der Waals surface area contributed by atoms with Gasteiger partial charge in [-0.25, -0.2) is 4.79 Å². The van der Waals surface area contributed by atoms with Gasteiger partial charge in [-0.05, 0) is 47.8 Å². The number of nitrogens with one attached hydrogen (secondary N) is 1. The second-order valence-corrected chi connectivity index (χ2v) is 12.9. The Kier molecular flexibility index (Phi) is 14.3. The molecule has 0 amide bonds. The lowest BCUT2D eigenvalue weighted by molar-refractivity contribution is -0.143. The van der Waals surface area contributed by atoms with E-state index in [1.54, 1.807) is 25.1 Å². The topological polar surface area (TPSA) is 126 Å². The molecule has 3 atom stereocenters. The molecular weight excluding hydrogens is 530 g/mol. The molecule has 0 aliphatic carbocycles. The average molecular weight is 580 g/mol. The lowest BCUT2D eigenvalue weighted by Crippen LogP contribution is -2.43. The van der Waals surface area contributed by atoms with E-state index >= 15 is 0 Å². The molecule has 0 saturated heterocycles. The molecule has 0 fully saturated rings. The lowest BCUT2D eigenvalue weighted by atomic mass is 9.92. The van der Waals surface area contributed by atoms with Crippen LogP contribution < -0.4 is 14.8 Å². The summed E-state index contributed by atoms with van der Waals surface area (Å²) < 4.78 is 26.5. The van der Waals surface area contributed by atoms with E-state index in [2.05, 4.69) is 5.32 Å². The van der Waals surface area contributed by atoms with Gasteiger partial charge in [0.15, 0.2) is 11.5 Å². The van der Waals surface area contributed by atoms with Gasteiger partial charge in [-0.15, -0.1) is 0 Å². The maximum Gasteiger partial charge on any atom is 0.508 e. The number of ether oxygens (including phenoxy) is 5. The zero-order valence-corrected chi connectivity index (χ0v) is 26.4. The molecule has 1 N–H and O–H groups in total. The molecule has 232 valence electrons. The molecule has 0 radical (unpaired) electrons.